The van der Waals surface area contributed by atoms with E-state index in [1.807, 2.05) is 24.3 Å². The molecule has 0 aliphatic carbocycles. The maximum Gasteiger partial charge on any atom is 0.0785 e. The van der Waals surface area contributed by atoms with Crippen LogP contribution in [0.2, 0.25) is 5.02 Å². The summed E-state index contributed by atoms with van der Waals surface area (Å²) >= 11 is 5.84. The molecule has 1 rings (SSSR count). The second-order valence-corrected chi connectivity index (χ2v) is 5.02. The largest absolute Gasteiger partial charge is 0.391 e. The number of nitrogens with one attached hydrogen (secondary N) is 1. The molecule has 18 heavy (non-hydrogen) atoms. The molecule has 0 aliphatic heterocycles. The SMILES string of the molecule is COCC(O)CCNC(C)Cc1ccc(Cl)cc1. The zero-order chi connectivity index (χ0) is 13.4. The van der Waals surface area contributed by atoms with E-state index in [9.17, 15) is 5.11 Å². The van der Waals surface area contributed by atoms with Gasteiger partial charge in [-0.25, -0.2) is 0 Å². The molecule has 0 heterocycles. The molecule has 102 valence electrons. The molecule has 4 heteroatoms. The number of rotatable bonds is 8. The maximum absolute atomic E-state index is 9.50. The first-order chi connectivity index (χ1) is 8.61. The molecule has 1 aromatic carbocycles. The van der Waals surface area contributed by atoms with Crippen LogP contribution in [0.1, 0.15) is 18.9 Å². The van der Waals surface area contributed by atoms with Crippen LogP contribution in [0.25, 0.3) is 0 Å². The first-order valence-electron chi connectivity index (χ1n) is 6.26. The Hall–Kier alpha value is -0.610. The van der Waals surface area contributed by atoms with E-state index >= 15 is 0 Å². The molecular weight excluding hydrogens is 250 g/mol. The van der Waals surface area contributed by atoms with Gasteiger partial charge in [-0.2, -0.15) is 0 Å². The van der Waals surface area contributed by atoms with E-state index in [2.05, 4.69) is 12.2 Å². The van der Waals surface area contributed by atoms with Gasteiger partial charge in [0.05, 0.1) is 12.7 Å². The number of halogens is 1. The Morgan fingerprint density at radius 1 is 1.33 bits per heavy atom. The first kappa shape index (κ1) is 15.4. The summed E-state index contributed by atoms with van der Waals surface area (Å²) in [6.45, 7) is 3.32. The van der Waals surface area contributed by atoms with Crippen LogP contribution >= 0.6 is 11.6 Å². The summed E-state index contributed by atoms with van der Waals surface area (Å²) in [5.41, 5.74) is 1.26. The van der Waals surface area contributed by atoms with E-state index in [-0.39, 0.29) is 6.10 Å². The molecule has 0 amide bonds. The monoisotopic (exact) mass is 271 g/mol. The van der Waals surface area contributed by atoms with E-state index in [1.54, 1.807) is 7.11 Å². The van der Waals surface area contributed by atoms with E-state index in [4.69, 9.17) is 16.3 Å². The Balaban J connectivity index is 2.21. The van der Waals surface area contributed by atoms with Crippen molar-refractivity contribution in [1.82, 2.24) is 5.32 Å². The summed E-state index contributed by atoms with van der Waals surface area (Å²) in [5, 5.41) is 13.7. The smallest absolute Gasteiger partial charge is 0.0785 e. The molecule has 1 aromatic rings. The minimum atomic E-state index is -0.384. The highest BCUT2D eigenvalue weighted by Gasteiger charge is 2.06. The molecule has 0 bridgehead atoms. The zero-order valence-corrected chi connectivity index (χ0v) is 11.8. The number of hydrogen-bond acceptors (Lipinski definition) is 3. The van der Waals surface area contributed by atoms with Crippen molar-refractivity contribution >= 4 is 11.6 Å². The summed E-state index contributed by atoms with van der Waals surface area (Å²) in [6, 6.07) is 8.28. The molecular formula is C14H22ClNO2. The van der Waals surface area contributed by atoms with Crippen LogP contribution in [0, 0.1) is 0 Å². The third-order valence-electron chi connectivity index (χ3n) is 2.78. The van der Waals surface area contributed by atoms with Gasteiger partial charge in [0.2, 0.25) is 0 Å². The van der Waals surface area contributed by atoms with Gasteiger partial charge in [0.25, 0.3) is 0 Å². The average molecular weight is 272 g/mol. The van der Waals surface area contributed by atoms with Crippen LogP contribution in [0.15, 0.2) is 24.3 Å². The van der Waals surface area contributed by atoms with Crippen molar-refractivity contribution < 1.29 is 9.84 Å². The lowest BCUT2D eigenvalue weighted by atomic mass is 10.1. The van der Waals surface area contributed by atoms with Crippen molar-refractivity contribution in [3.63, 3.8) is 0 Å². The lowest BCUT2D eigenvalue weighted by Gasteiger charge is -2.15. The topological polar surface area (TPSA) is 41.5 Å². The first-order valence-corrected chi connectivity index (χ1v) is 6.64. The Bertz CT molecular complexity index is 329. The molecule has 0 aliphatic rings. The summed E-state index contributed by atoms with van der Waals surface area (Å²) in [5.74, 6) is 0. The number of methoxy groups -OCH3 is 1. The van der Waals surface area contributed by atoms with E-state index < -0.39 is 0 Å². The number of ether oxygens (including phenoxy) is 1. The Labute approximate surface area is 114 Å². The molecule has 0 radical (unpaired) electrons. The van der Waals surface area contributed by atoms with Gasteiger partial charge >= 0.3 is 0 Å². The molecule has 0 aromatic heterocycles. The minimum absolute atomic E-state index is 0.376. The highest BCUT2D eigenvalue weighted by Crippen LogP contribution is 2.11. The second-order valence-electron chi connectivity index (χ2n) is 4.58. The van der Waals surface area contributed by atoms with Gasteiger partial charge < -0.3 is 15.2 Å². The molecule has 2 unspecified atom stereocenters. The predicted molar refractivity (Wildman–Crippen MR) is 75.1 cm³/mol. The highest BCUT2D eigenvalue weighted by molar-refractivity contribution is 6.30. The van der Waals surface area contributed by atoms with E-state index in [0.717, 1.165) is 18.0 Å². The van der Waals surface area contributed by atoms with Gasteiger partial charge in [0.15, 0.2) is 0 Å². The molecule has 3 nitrogen and oxygen atoms in total. The van der Waals surface area contributed by atoms with Gasteiger partial charge in [-0.3, -0.25) is 0 Å². The van der Waals surface area contributed by atoms with E-state index in [1.165, 1.54) is 5.56 Å². The van der Waals surface area contributed by atoms with Crippen molar-refractivity contribution in [1.29, 1.82) is 0 Å². The fourth-order valence-electron chi connectivity index (χ4n) is 1.82. The summed E-state index contributed by atoms with van der Waals surface area (Å²) in [7, 11) is 1.60. The van der Waals surface area contributed by atoms with Crippen LogP contribution in [0.4, 0.5) is 0 Å². The van der Waals surface area contributed by atoms with Gasteiger partial charge in [-0.15, -0.1) is 0 Å². The third kappa shape index (κ3) is 6.36. The summed E-state index contributed by atoms with van der Waals surface area (Å²) < 4.78 is 4.88. The van der Waals surface area contributed by atoms with Crippen LogP contribution in [-0.4, -0.2) is 37.5 Å². The lowest BCUT2D eigenvalue weighted by Crippen LogP contribution is -2.31. The Kier molecular flexibility index (Phi) is 7.28. The second kappa shape index (κ2) is 8.48. The van der Waals surface area contributed by atoms with Crippen LogP contribution < -0.4 is 5.32 Å². The Morgan fingerprint density at radius 2 is 2.00 bits per heavy atom. The van der Waals surface area contributed by atoms with Gasteiger partial charge in [-0.1, -0.05) is 23.7 Å². The van der Waals surface area contributed by atoms with Crippen molar-refractivity contribution in [2.24, 2.45) is 0 Å². The van der Waals surface area contributed by atoms with Gasteiger partial charge in [0.1, 0.15) is 0 Å². The zero-order valence-electron chi connectivity index (χ0n) is 11.0. The van der Waals surface area contributed by atoms with Crippen molar-refractivity contribution in [3.05, 3.63) is 34.9 Å². The van der Waals surface area contributed by atoms with Crippen molar-refractivity contribution in [2.75, 3.05) is 20.3 Å². The number of aliphatic hydroxyl groups excluding tert-OH is 1. The third-order valence-corrected chi connectivity index (χ3v) is 3.04. The molecule has 2 atom stereocenters. The average Bonchev–Trinajstić information content (AvgIpc) is 2.32. The van der Waals surface area contributed by atoms with Gasteiger partial charge in [-0.05, 0) is 44.0 Å². The fourth-order valence-corrected chi connectivity index (χ4v) is 1.94. The number of hydrogen-bond donors (Lipinski definition) is 2. The number of aliphatic hydroxyl groups is 1. The van der Waals surface area contributed by atoms with E-state index in [0.29, 0.717) is 19.1 Å². The quantitative estimate of drug-likeness (QED) is 0.762. The minimum Gasteiger partial charge on any atom is -0.391 e. The summed E-state index contributed by atoms with van der Waals surface area (Å²) in [4.78, 5) is 0. The maximum atomic E-state index is 9.50. The molecule has 2 N–H and O–H groups in total. The Morgan fingerprint density at radius 3 is 2.61 bits per heavy atom. The normalized spacial score (nSPS) is 14.4. The lowest BCUT2D eigenvalue weighted by molar-refractivity contribution is 0.0591. The van der Waals surface area contributed by atoms with Gasteiger partial charge in [0, 0.05) is 18.2 Å². The molecule has 0 fully saturated rings. The van der Waals surface area contributed by atoms with Crippen LogP contribution in [0.5, 0.6) is 0 Å². The van der Waals surface area contributed by atoms with Crippen LogP contribution in [-0.2, 0) is 11.2 Å². The van der Waals surface area contributed by atoms with Crippen LogP contribution in [0.3, 0.4) is 0 Å². The van der Waals surface area contributed by atoms with Crippen molar-refractivity contribution in [3.8, 4) is 0 Å². The molecule has 0 spiro atoms. The highest BCUT2D eigenvalue weighted by atomic mass is 35.5. The molecule has 0 saturated heterocycles. The number of benzene rings is 1. The molecule has 0 saturated carbocycles. The summed E-state index contributed by atoms with van der Waals surface area (Å²) in [6.07, 6.45) is 1.28. The fraction of sp³-hybridized carbons (Fsp3) is 0.571. The standard InChI is InChI=1S/C14H22ClNO2/c1-11(16-8-7-14(17)10-18-2)9-12-3-5-13(15)6-4-12/h3-6,11,14,16-17H,7-10H2,1-2H3. The predicted octanol–water partition coefficient (Wildman–Crippen LogP) is 2.26. The van der Waals surface area contributed by atoms with Crippen molar-refractivity contribution in [2.45, 2.75) is 31.9 Å².